The van der Waals surface area contributed by atoms with Crippen LogP contribution in [0.4, 0.5) is 17.6 Å². The Morgan fingerprint density at radius 3 is 2.65 bits per heavy atom. The second-order valence-electron chi connectivity index (χ2n) is 8.85. The minimum Gasteiger partial charge on any atom is -0.618 e. The fourth-order valence-corrected chi connectivity index (χ4v) is 5.10. The van der Waals surface area contributed by atoms with Crippen LogP contribution in [0.3, 0.4) is 0 Å². The molecule has 2 aromatic carbocycles. The van der Waals surface area contributed by atoms with Crippen LogP contribution in [-0.4, -0.2) is 22.6 Å². The molecule has 0 N–H and O–H groups in total. The molecule has 1 aliphatic heterocycles. The Morgan fingerprint density at radius 1 is 1.16 bits per heavy atom. The van der Waals surface area contributed by atoms with Crippen molar-refractivity contribution in [2.75, 3.05) is 6.61 Å². The summed E-state index contributed by atoms with van der Waals surface area (Å²) in [5.41, 5.74) is 0.718. The Morgan fingerprint density at radius 2 is 1.95 bits per heavy atom. The average Bonchev–Trinajstić information content (AvgIpc) is 3.19. The molecule has 0 aliphatic carbocycles. The molecule has 6 nitrogen and oxygen atoms in total. The molecule has 37 heavy (non-hydrogen) atoms. The number of alkyl halides is 3. The van der Waals surface area contributed by atoms with Crippen molar-refractivity contribution in [2.45, 2.75) is 44.7 Å². The third kappa shape index (κ3) is 5.66. The summed E-state index contributed by atoms with van der Waals surface area (Å²) in [5, 5.41) is 18.1. The van der Waals surface area contributed by atoms with E-state index in [1.54, 1.807) is 28.9 Å². The maximum absolute atomic E-state index is 15.1. The zero-order valence-corrected chi connectivity index (χ0v) is 21.6. The fraction of sp³-hybridized carbons (Fsp3) is 0.308. The van der Waals surface area contributed by atoms with E-state index in [1.807, 2.05) is 28.7 Å². The first-order chi connectivity index (χ1) is 17.7. The van der Waals surface area contributed by atoms with Crippen LogP contribution in [0.25, 0.3) is 22.2 Å². The summed E-state index contributed by atoms with van der Waals surface area (Å²) in [6.07, 6.45) is -2.45. The lowest BCUT2D eigenvalue weighted by Gasteiger charge is -2.23. The Balaban J connectivity index is 1.59. The molecule has 0 amide bonds. The van der Waals surface area contributed by atoms with Gasteiger partial charge in [-0.15, -0.1) is 0 Å². The standard InChI is InChI=1S/C26H22F4IN3O3/c27-20-11-18(17(13-26(28,29)30)10-23(20)37-15-16-6-2-1-3-7-16)21-12-22-19(14-33(21)35)25(31)32-34(22)24-8-4-5-9-36-24/h1-3,6-7,10-12,14,24H,4-5,8-9,13,15H2. The summed E-state index contributed by atoms with van der Waals surface area (Å²) in [6, 6.07) is 12.3. The SMILES string of the molecule is [O-][n+]1cc2c(I)nn(C3CCCCO3)c2cc1-c1cc(F)c(OCc2ccccc2)cc1CC(F)(F)F. The summed E-state index contributed by atoms with van der Waals surface area (Å²) in [7, 11) is 0. The van der Waals surface area contributed by atoms with Crippen molar-refractivity contribution in [1.82, 2.24) is 9.78 Å². The van der Waals surface area contributed by atoms with Crippen molar-refractivity contribution in [3.8, 4) is 17.0 Å². The summed E-state index contributed by atoms with van der Waals surface area (Å²) >= 11 is 2.00. The van der Waals surface area contributed by atoms with Crippen molar-refractivity contribution in [2.24, 2.45) is 0 Å². The molecule has 0 spiro atoms. The molecule has 1 fully saturated rings. The van der Waals surface area contributed by atoms with Crippen LogP contribution >= 0.6 is 22.6 Å². The molecule has 0 bridgehead atoms. The summed E-state index contributed by atoms with van der Waals surface area (Å²) in [4.78, 5) is 0. The number of hydrogen-bond donors (Lipinski definition) is 0. The molecular formula is C26H22F4IN3O3. The highest BCUT2D eigenvalue weighted by molar-refractivity contribution is 14.1. The molecule has 1 atom stereocenters. The number of halogens is 5. The highest BCUT2D eigenvalue weighted by Crippen LogP contribution is 2.36. The molecular weight excluding hydrogens is 605 g/mol. The van der Waals surface area contributed by atoms with Crippen molar-refractivity contribution >= 4 is 33.5 Å². The highest BCUT2D eigenvalue weighted by Gasteiger charge is 2.32. The zero-order valence-electron chi connectivity index (χ0n) is 19.5. The van der Waals surface area contributed by atoms with Gasteiger partial charge in [-0.25, -0.2) is 9.07 Å². The summed E-state index contributed by atoms with van der Waals surface area (Å²) in [6.45, 7) is 0.546. The van der Waals surface area contributed by atoms with Gasteiger partial charge in [-0.1, -0.05) is 30.3 Å². The maximum Gasteiger partial charge on any atom is 0.393 e. The molecule has 1 saturated heterocycles. The predicted molar refractivity (Wildman–Crippen MR) is 136 cm³/mol. The van der Waals surface area contributed by atoms with E-state index in [9.17, 15) is 18.4 Å². The third-order valence-electron chi connectivity index (χ3n) is 6.19. The van der Waals surface area contributed by atoms with Gasteiger partial charge in [0.1, 0.15) is 10.3 Å². The first-order valence-electron chi connectivity index (χ1n) is 11.7. The van der Waals surface area contributed by atoms with Crippen LogP contribution < -0.4 is 9.47 Å². The minimum atomic E-state index is -4.59. The van der Waals surface area contributed by atoms with Crippen LogP contribution in [0, 0.1) is 14.7 Å². The smallest absolute Gasteiger partial charge is 0.393 e. The van der Waals surface area contributed by atoms with Crippen LogP contribution in [-0.2, 0) is 17.8 Å². The number of aromatic nitrogens is 3. The molecule has 2 aromatic heterocycles. The van der Waals surface area contributed by atoms with Gasteiger partial charge in [-0.2, -0.15) is 23.0 Å². The highest BCUT2D eigenvalue weighted by atomic mass is 127. The molecule has 11 heteroatoms. The van der Waals surface area contributed by atoms with Crippen molar-refractivity contribution < 1.29 is 31.8 Å². The zero-order chi connectivity index (χ0) is 26.2. The van der Waals surface area contributed by atoms with Crippen LogP contribution in [0.1, 0.15) is 36.6 Å². The van der Waals surface area contributed by atoms with Gasteiger partial charge >= 0.3 is 6.18 Å². The van der Waals surface area contributed by atoms with E-state index in [1.165, 1.54) is 12.3 Å². The van der Waals surface area contributed by atoms with Crippen molar-refractivity contribution in [3.63, 3.8) is 0 Å². The number of pyridine rings is 1. The molecule has 3 heterocycles. The molecule has 194 valence electrons. The van der Waals surface area contributed by atoms with E-state index in [4.69, 9.17) is 9.47 Å². The van der Waals surface area contributed by atoms with Crippen LogP contribution in [0.2, 0.25) is 0 Å². The fourth-order valence-electron chi connectivity index (χ4n) is 4.45. The predicted octanol–water partition coefficient (Wildman–Crippen LogP) is 6.46. The van der Waals surface area contributed by atoms with Gasteiger partial charge in [0.25, 0.3) is 0 Å². The summed E-state index contributed by atoms with van der Waals surface area (Å²) in [5.74, 6) is -1.18. The lowest BCUT2D eigenvalue weighted by Crippen LogP contribution is -2.29. The molecule has 0 radical (unpaired) electrons. The maximum atomic E-state index is 15.1. The second-order valence-corrected chi connectivity index (χ2v) is 9.87. The minimum absolute atomic E-state index is 0.0188. The topological polar surface area (TPSA) is 63.2 Å². The van der Waals surface area contributed by atoms with Gasteiger partial charge in [-0.05, 0) is 65.1 Å². The molecule has 4 aromatic rings. The van der Waals surface area contributed by atoms with E-state index in [2.05, 4.69) is 5.10 Å². The van der Waals surface area contributed by atoms with E-state index in [-0.39, 0.29) is 35.4 Å². The van der Waals surface area contributed by atoms with Gasteiger partial charge in [0.2, 0.25) is 5.69 Å². The quantitative estimate of drug-likeness (QED) is 0.107. The lowest BCUT2D eigenvalue weighted by molar-refractivity contribution is -0.592. The lowest BCUT2D eigenvalue weighted by atomic mass is 9.99. The molecule has 1 aliphatic rings. The van der Waals surface area contributed by atoms with Gasteiger partial charge < -0.3 is 14.7 Å². The van der Waals surface area contributed by atoms with E-state index in [0.717, 1.165) is 37.0 Å². The van der Waals surface area contributed by atoms with E-state index in [0.29, 0.717) is 25.9 Å². The molecule has 1 unspecified atom stereocenters. The van der Waals surface area contributed by atoms with Crippen molar-refractivity contribution in [3.05, 3.63) is 80.6 Å². The van der Waals surface area contributed by atoms with Gasteiger partial charge in [0, 0.05) is 12.7 Å². The number of rotatable bonds is 6. The van der Waals surface area contributed by atoms with Crippen LogP contribution in [0.15, 0.2) is 54.7 Å². The Hall–Kier alpha value is -2.93. The van der Waals surface area contributed by atoms with Crippen molar-refractivity contribution in [1.29, 1.82) is 0 Å². The van der Waals surface area contributed by atoms with Crippen LogP contribution in [0.5, 0.6) is 5.75 Å². The van der Waals surface area contributed by atoms with Gasteiger partial charge in [0.05, 0.1) is 22.9 Å². The molecule has 0 saturated carbocycles. The number of ether oxygens (including phenoxy) is 2. The number of hydrogen-bond acceptors (Lipinski definition) is 4. The first-order valence-corrected chi connectivity index (χ1v) is 12.8. The summed E-state index contributed by atoms with van der Waals surface area (Å²) < 4.78 is 69.7. The van der Waals surface area contributed by atoms with E-state index < -0.39 is 18.4 Å². The average molecular weight is 627 g/mol. The van der Waals surface area contributed by atoms with Gasteiger partial charge in [-0.3, -0.25) is 0 Å². The molecule has 5 rings (SSSR count). The number of benzene rings is 2. The second kappa shape index (κ2) is 10.4. The monoisotopic (exact) mass is 627 g/mol. The Labute approximate surface area is 223 Å². The first kappa shape index (κ1) is 25.7. The van der Waals surface area contributed by atoms with E-state index >= 15 is 4.39 Å². The third-order valence-corrected chi connectivity index (χ3v) is 6.98. The normalized spacial score (nSPS) is 16.3. The van der Waals surface area contributed by atoms with Gasteiger partial charge in [0.15, 0.2) is 24.0 Å². The largest absolute Gasteiger partial charge is 0.618 e. The number of nitrogens with zero attached hydrogens (tertiary/aromatic N) is 3. The Bertz CT molecular complexity index is 1420. The Kier molecular flexibility index (Phi) is 7.26. The number of fused-ring (bicyclic) bond motifs is 1.